The molecule has 3 aromatic rings. The molecule has 2 heterocycles. The first kappa shape index (κ1) is 19.2. The number of hydrogen-bond acceptors (Lipinski definition) is 5. The van der Waals surface area contributed by atoms with Crippen molar-refractivity contribution in [3.63, 3.8) is 0 Å². The molecule has 0 aliphatic rings. The number of likely N-dealkylation sites (N-methyl/N-ethyl adjacent to an activating group) is 1. The van der Waals surface area contributed by atoms with Crippen molar-refractivity contribution in [1.29, 1.82) is 0 Å². The molecule has 1 aromatic carbocycles. The number of anilines is 1. The van der Waals surface area contributed by atoms with Crippen molar-refractivity contribution in [3.8, 4) is 10.6 Å². The van der Waals surface area contributed by atoms with Crippen molar-refractivity contribution >= 4 is 23.1 Å². The van der Waals surface area contributed by atoms with Gasteiger partial charge in [0.05, 0.1) is 12.2 Å². The zero-order chi connectivity index (χ0) is 19.2. The van der Waals surface area contributed by atoms with Crippen LogP contribution in [-0.2, 0) is 17.8 Å². The molecule has 6 heteroatoms. The first-order valence-electron chi connectivity index (χ1n) is 8.98. The normalized spacial score (nSPS) is 11.0. The average molecular weight is 381 g/mol. The number of carbonyl (C=O) groups is 1. The Morgan fingerprint density at radius 2 is 1.96 bits per heavy atom. The molecule has 0 spiro atoms. The van der Waals surface area contributed by atoms with E-state index in [0.717, 1.165) is 28.2 Å². The molecule has 5 nitrogen and oxygen atoms in total. The van der Waals surface area contributed by atoms with E-state index in [4.69, 9.17) is 4.98 Å². The van der Waals surface area contributed by atoms with Crippen LogP contribution in [0, 0.1) is 6.92 Å². The predicted molar refractivity (Wildman–Crippen MR) is 111 cm³/mol. The van der Waals surface area contributed by atoms with Gasteiger partial charge < -0.3 is 5.32 Å². The molecule has 0 unspecified atom stereocenters. The summed E-state index contributed by atoms with van der Waals surface area (Å²) < 4.78 is 0. The molecule has 1 amide bonds. The number of rotatable bonds is 7. The minimum Gasteiger partial charge on any atom is -0.310 e. The van der Waals surface area contributed by atoms with E-state index in [1.54, 1.807) is 17.5 Å². The second-order valence-corrected chi connectivity index (χ2v) is 7.49. The number of amides is 1. The number of hydrogen-bond donors (Lipinski definition) is 1. The monoisotopic (exact) mass is 380 g/mol. The highest BCUT2D eigenvalue weighted by Gasteiger charge is 2.11. The predicted octanol–water partition coefficient (Wildman–Crippen LogP) is 4.15. The van der Waals surface area contributed by atoms with E-state index in [1.807, 2.05) is 31.0 Å². The first-order valence-corrected chi connectivity index (χ1v) is 9.86. The van der Waals surface area contributed by atoms with E-state index >= 15 is 0 Å². The number of aromatic nitrogens is 2. The van der Waals surface area contributed by atoms with Gasteiger partial charge in [0, 0.05) is 23.7 Å². The zero-order valence-electron chi connectivity index (χ0n) is 15.9. The standard InChI is InChI=1S/C21H24N4OS/c1-4-16-6-8-17(9-7-16)21-23-18(14-27-21)12-25(3)13-20(26)24-19-10-5-15(2)11-22-19/h5-11,14H,4,12-13H2,1-3H3,(H,22,24,26). The van der Waals surface area contributed by atoms with Gasteiger partial charge in [-0.15, -0.1) is 11.3 Å². The fourth-order valence-electron chi connectivity index (χ4n) is 2.70. The Bertz CT molecular complexity index is 887. The maximum Gasteiger partial charge on any atom is 0.239 e. The Balaban J connectivity index is 1.54. The highest BCUT2D eigenvalue weighted by atomic mass is 32.1. The molecule has 27 heavy (non-hydrogen) atoms. The van der Waals surface area contributed by atoms with Gasteiger partial charge in [-0.1, -0.05) is 37.3 Å². The van der Waals surface area contributed by atoms with Gasteiger partial charge in [0.1, 0.15) is 10.8 Å². The maximum atomic E-state index is 12.2. The Hall–Kier alpha value is -2.57. The van der Waals surface area contributed by atoms with E-state index in [9.17, 15) is 4.79 Å². The molecule has 0 aliphatic heterocycles. The van der Waals surface area contributed by atoms with Crippen molar-refractivity contribution in [1.82, 2.24) is 14.9 Å². The third-order valence-electron chi connectivity index (χ3n) is 4.19. The Morgan fingerprint density at radius 1 is 1.19 bits per heavy atom. The molecular formula is C21H24N4OS. The molecule has 0 bridgehead atoms. The first-order chi connectivity index (χ1) is 13.0. The van der Waals surface area contributed by atoms with Crippen LogP contribution in [0.15, 0.2) is 48.0 Å². The van der Waals surface area contributed by atoms with Crippen LogP contribution in [0.5, 0.6) is 0 Å². The van der Waals surface area contributed by atoms with E-state index in [1.165, 1.54) is 5.56 Å². The molecule has 0 saturated carbocycles. The molecule has 1 N–H and O–H groups in total. The van der Waals surface area contributed by atoms with Crippen molar-refractivity contribution in [3.05, 3.63) is 64.8 Å². The van der Waals surface area contributed by atoms with Crippen LogP contribution in [0.25, 0.3) is 10.6 Å². The molecular weight excluding hydrogens is 356 g/mol. The van der Waals surface area contributed by atoms with Gasteiger partial charge in [-0.05, 0) is 37.6 Å². The smallest absolute Gasteiger partial charge is 0.239 e. The summed E-state index contributed by atoms with van der Waals surface area (Å²) in [4.78, 5) is 23.0. The lowest BCUT2D eigenvalue weighted by Gasteiger charge is -2.14. The van der Waals surface area contributed by atoms with Crippen LogP contribution in [0.4, 0.5) is 5.82 Å². The zero-order valence-corrected chi connectivity index (χ0v) is 16.7. The molecule has 2 aromatic heterocycles. The lowest BCUT2D eigenvalue weighted by molar-refractivity contribution is -0.117. The fraction of sp³-hybridized carbons (Fsp3) is 0.286. The molecule has 0 aliphatic carbocycles. The highest BCUT2D eigenvalue weighted by molar-refractivity contribution is 7.13. The van der Waals surface area contributed by atoms with Gasteiger partial charge in [0.2, 0.25) is 5.91 Å². The fourth-order valence-corrected chi connectivity index (χ4v) is 3.51. The topological polar surface area (TPSA) is 58.1 Å². The summed E-state index contributed by atoms with van der Waals surface area (Å²) in [6.45, 7) is 5.02. The van der Waals surface area contributed by atoms with Crippen LogP contribution in [0.3, 0.4) is 0 Å². The minimum absolute atomic E-state index is 0.0838. The number of carbonyl (C=O) groups excluding carboxylic acids is 1. The van der Waals surface area contributed by atoms with Crippen LogP contribution >= 0.6 is 11.3 Å². The number of aryl methyl sites for hydroxylation is 2. The summed E-state index contributed by atoms with van der Waals surface area (Å²) in [6, 6.07) is 12.3. The third-order valence-corrected chi connectivity index (χ3v) is 5.13. The lowest BCUT2D eigenvalue weighted by Crippen LogP contribution is -2.30. The van der Waals surface area contributed by atoms with Crippen molar-refractivity contribution in [2.45, 2.75) is 26.8 Å². The van der Waals surface area contributed by atoms with Crippen LogP contribution < -0.4 is 5.32 Å². The van der Waals surface area contributed by atoms with Gasteiger partial charge in [-0.25, -0.2) is 9.97 Å². The average Bonchev–Trinajstić information content (AvgIpc) is 3.12. The van der Waals surface area contributed by atoms with Gasteiger partial charge in [0.25, 0.3) is 0 Å². The largest absolute Gasteiger partial charge is 0.310 e. The third kappa shape index (κ3) is 5.45. The second kappa shape index (κ2) is 8.88. The molecule has 3 rings (SSSR count). The van der Waals surface area contributed by atoms with Gasteiger partial charge in [-0.2, -0.15) is 0 Å². The molecule has 0 saturated heterocycles. The van der Waals surface area contributed by atoms with Crippen LogP contribution in [0.1, 0.15) is 23.7 Å². The summed E-state index contributed by atoms with van der Waals surface area (Å²) in [5.74, 6) is 0.491. The van der Waals surface area contributed by atoms with Crippen LogP contribution in [-0.4, -0.2) is 34.4 Å². The number of nitrogens with zero attached hydrogens (tertiary/aromatic N) is 3. The molecule has 140 valence electrons. The van der Waals surface area contributed by atoms with E-state index in [0.29, 0.717) is 12.4 Å². The lowest BCUT2D eigenvalue weighted by atomic mass is 10.1. The summed E-state index contributed by atoms with van der Waals surface area (Å²) in [6.07, 6.45) is 2.78. The number of nitrogens with one attached hydrogen (secondary N) is 1. The van der Waals surface area contributed by atoms with E-state index < -0.39 is 0 Å². The summed E-state index contributed by atoms with van der Waals surface area (Å²) >= 11 is 1.63. The van der Waals surface area contributed by atoms with Gasteiger partial charge in [-0.3, -0.25) is 9.69 Å². The SMILES string of the molecule is CCc1ccc(-c2nc(CN(C)CC(=O)Nc3ccc(C)cn3)cs2)cc1. The highest BCUT2D eigenvalue weighted by Crippen LogP contribution is 2.24. The number of pyridine rings is 1. The second-order valence-electron chi connectivity index (χ2n) is 6.64. The van der Waals surface area contributed by atoms with Gasteiger partial charge >= 0.3 is 0 Å². The van der Waals surface area contributed by atoms with Crippen LogP contribution in [0.2, 0.25) is 0 Å². The molecule has 0 radical (unpaired) electrons. The Labute approximate surface area is 164 Å². The Kier molecular flexibility index (Phi) is 6.32. The van der Waals surface area contributed by atoms with Crippen molar-refractivity contribution < 1.29 is 4.79 Å². The van der Waals surface area contributed by atoms with Crippen molar-refractivity contribution in [2.24, 2.45) is 0 Å². The summed E-state index contributed by atoms with van der Waals surface area (Å²) in [5, 5.41) is 5.88. The number of thiazole rings is 1. The van der Waals surface area contributed by atoms with E-state index in [-0.39, 0.29) is 12.5 Å². The van der Waals surface area contributed by atoms with E-state index in [2.05, 4.69) is 46.9 Å². The number of benzene rings is 1. The molecule has 0 fully saturated rings. The summed E-state index contributed by atoms with van der Waals surface area (Å²) in [7, 11) is 1.91. The molecule has 0 atom stereocenters. The minimum atomic E-state index is -0.0838. The van der Waals surface area contributed by atoms with Crippen molar-refractivity contribution in [2.75, 3.05) is 18.9 Å². The summed E-state index contributed by atoms with van der Waals surface area (Å²) in [5.41, 5.74) is 4.49. The quantitative estimate of drug-likeness (QED) is 0.669. The Morgan fingerprint density at radius 3 is 2.63 bits per heavy atom. The maximum absolute atomic E-state index is 12.2. The van der Waals surface area contributed by atoms with Gasteiger partial charge in [0.15, 0.2) is 0 Å².